The molecule has 3 atom stereocenters. The van der Waals surface area contributed by atoms with E-state index in [-0.39, 0.29) is 24.3 Å². The summed E-state index contributed by atoms with van der Waals surface area (Å²) in [5.74, 6) is 0.145. The van der Waals surface area contributed by atoms with E-state index < -0.39 is 23.7 Å². The fourth-order valence-electron chi connectivity index (χ4n) is 3.54. The summed E-state index contributed by atoms with van der Waals surface area (Å²) in [5, 5.41) is 25.2. The standard InChI is InChI=1S/C25H42N2O5/c1-6-7-13-25(4,5)23(29)26-15-22(28)21(27-24(30)31)14-20(18(2)3)17-32-16-19-11-9-8-10-12-19/h8-12,18,20-22,27-28H,6-7,13-17H2,1-5H3,(H,26,29)(H,30,31)/t20-,21+,22-/m1/s1. The molecule has 0 spiro atoms. The van der Waals surface area contributed by atoms with E-state index in [4.69, 9.17) is 4.74 Å². The van der Waals surface area contributed by atoms with E-state index in [0.717, 1.165) is 24.8 Å². The Morgan fingerprint density at radius 3 is 2.38 bits per heavy atom. The Kier molecular flexibility index (Phi) is 12.3. The van der Waals surface area contributed by atoms with Crippen molar-refractivity contribution in [2.75, 3.05) is 13.2 Å². The molecule has 0 saturated carbocycles. The van der Waals surface area contributed by atoms with E-state index >= 15 is 0 Å². The zero-order chi connectivity index (χ0) is 24.1. The zero-order valence-electron chi connectivity index (χ0n) is 20.3. The van der Waals surface area contributed by atoms with Gasteiger partial charge in [0.05, 0.1) is 25.4 Å². The molecule has 0 unspecified atom stereocenters. The van der Waals surface area contributed by atoms with Crippen LogP contribution in [0.4, 0.5) is 4.79 Å². The lowest BCUT2D eigenvalue weighted by molar-refractivity contribution is -0.130. The van der Waals surface area contributed by atoms with E-state index in [9.17, 15) is 19.8 Å². The predicted molar refractivity (Wildman–Crippen MR) is 126 cm³/mol. The molecule has 7 nitrogen and oxygen atoms in total. The van der Waals surface area contributed by atoms with Crippen LogP contribution in [-0.2, 0) is 16.1 Å². The van der Waals surface area contributed by atoms with Crippen molar-refractivity contribution < 1.29 is 24.5 Å². The van der Waals surface area contributed by atoms with E-state index in [1.54, 1.807) is 0 Å². The molecule has 0 aliphatic heterocycles. The summed E-state index contributed by atoms with van der Waals surface area (Å²) in [4.78, 5) is 23.9. The lowest BCUT2D eigenvalue weighted by Gasteiger charge is -2.30. The van der Waals surface area contributed by atoms with E-state index in [2.05, 4.69) is 31.4 Å². The van der Waals surface area contributed by atoms with Crippen LogP contribution in [0.25, 0.3) is 0 Å². The third-order valence-corrected chi connectivity index (χ3v) is 5.96. The molecule has 4 N–H and O–H groups in total. The first kappa shape index (κ1) is 27.9. The molecule has 0 saturated heterocycles. The first-order chi connectivity index (χ1) is 15.1. The molecule has 0 heterocycles. The molecular formula is C25H42N2O5. The average Bonchev–Trinajstić information content (AvgIpc) is 2.74. The molecule has 7 heteroatoms. The minimum atomic E-state index is -1.20. The molecule has 1 aromatic rings. The van der Waals surface area contributed by atoms with Crippen molar-refractivity contribution in [3.8, 4) is 0 Å². The summed E-state index contributed by atoms with van der Waals surface area (Å²) in [5.41, 5.74) is 0.542. The van der Waals surface area contributed by atoms with Crippen LogP contribution in [-0.4, -0.2) is 47.5 Å². The SMILES string of the molecule is CCCCC(C)(C)C(=O)NC[C@@H](O)[C@H](C[C@H](COCc1ccccc1)C(C)C)NC(=O)O. The molecular weight excluding hydrogens is 408 g/mol. The molecule has 1 rings (SSSR count). The van der Waals surface area contributed by atoms with Gasteiger partial charge in [0.15, 0.2) is 0 Å². The summed E-state index contributed by atoms with van der Waals surface area (Å²) >= 11 is 0. The first-order valence-corrected chi connectivity index (χ1v) is 11.6. The molecule has 182 valence electrons. The van der Waals surface area contributed by atoms with Crippen molar-refractivity contribution in [2.24, 2.45) is 17.3 Å². The highest BCUT2D eigenvalue weighted by Gasteiger charge is 2.30. The van der Waals surface area contributed by atoms with Crippen LogP contribution in [0.3, 0.4) is 0 Å². The third-order valence-electron chi connectivity index (χ3n) is 5.96. The van der Waals surface area contributed by atoms with Crippen LogP contribution < -0.4 is 10.6 Å². The van der Waals surface area contributed by atoms with Gasteiger partial charge in [-0.05, 0) is 30.2 Å². The Balaban J connectivity index is 2.68. The number of amides is 2. The summed E-state index contributed by atoms with van der Waals surface area (Å²) < 4.78 is 5.88. The molecule has 0 radical (unpaired) electrons. The predicted octanol–water partition coefficient (Wildman–Crippen LogP) is 4.20. The van der Waals surface area contributed by atoms with Gasteiger partial charge in [0.2, 0.25) is 5.91 Å². The minimum Gasteiger partial charge on any atom is -0.465 e. The van der Waals surface area contributed by atoms with Gasteiger partial charge >= 0.3 is 6.09 Å². The van der Waals surface area contributed by atoms with Crippen molar-refractivity contribution in [3.05, 3.63) is 35.9 Å². The Labute approximate surface area is 192 Å². The Bertz CT molecular complexity index is 678. The molecule has 0 aliphatic rings. The van der Waals surface area contributed by atoms with Crippen molar-refractivity contribution in [3.63, 3.8) is 0 Å². The van der Waals surface area contributed by atoms with E-state index in [1.807, 2.05) is 44.2 Å². The Morgan fingerprint density at radius 2 is 1.81 bits per heavy atom. The van der Waals surface area contributed by atoms with Crippen LogP contribution in [0, 0.1) is 17.3 Å². The molecule has 32 heavy (non-hydrogen) atoms. The van der Waals surface area contributed by atoms with Crippen LogP contribution >= 0.6 is 0 Å². The number of aliphatic hydroxyl groups is 1. The van der Waals surface area contributed by atoms with Gasteiger partial charge in [-0.1, -0.05) is 77.8 Å². The highest BCUT2D eigenvalue weighted by atomic mass is 16.5. The number of rotatable bonds is 15. The zero-order valence-corrected chi connectivity index (χ0v) is 20.3. The molecule has 1 aromatic carbocycles. The first-order valence-electron chi connectivity index (χ1n) is 11.6. The second-order valence-corrected chi connectivity index (χ2v) is 9.56. The van der Waals surface area contributed by atoms with Crippen LogP contribution in [0.1, 0.15) is 65.9 Å². The smallest absolute Gasteiger partial charge is 0.404 e. The number of carbonyl (C=O) groups excluding carboxylic acids is 1. The maximum absolute atomic E-state index is 12.5. The van der Waals surface area contributed by atoms with Crippen LogP contribution in [0.2, 0.25) is 0 Å². The molecule has 0 aromatic heterocycles. The number of ether oxygens (including phenoxy) is 1. The van der Waals surface area contributed by atoms with Crippen LogP contribution in [0.5, 0.6) is 0 Å². The van der Waals surface area contributed by atoms with E-state index in [1.165, 1.54) is 0 Å². The Hall–Kier alpha value is -2.12. The Morgan fingerprint density at radius 1 is 1.16 bits per heavy atom. The van der Waals surface area contributed by atoms with Crippen molar-refractivity contribution in [1.29, 1.82) is 0 Å². The lowest BCUT2D eigenvalue weighted by Crippen LogP contribution is -2.50. The molecule has 2 amide bonds. The number of hydrogen-bond acceptors (Lipinski definition) is 4. The number of carboxylic acid groups (broad SMARTS) is 1. The van der Waals surface area contributed by atoms with Gasteiger partial charge in [-0.3, -0.25) is 4.79 Å². The normalized spacial score (nSPS) is 14.6. The summed E-state index contributed by atoms with van der Waals surface area (Å²) in [6.45, 7) is 10.9. The number of carbonyl (C=O) groups is 2. The number of unbranched alkanes of at least 4 members (excludes halogenated alkanes) is 1. The summed E-state index contributed by atoms with van der Waals surface area (Å²) in [6, 6.07) is 9.15. The van der Waals surface area contributed by atoms with Gasteiger partial charge in [-0.2, -0.15) is 0 Å². The van der Waals surface area contributed by atoms with E-state index in [0.29, 0.717) is 19.6 Å². The maximum Gasteiger partial charge on any atom is 0.404 e. The molecule has 0 aliphatic carbocycles. The number of aliphatic hydroxyl groups excluding tert-OH is 1. The number of benzene rings is 1. The topological polar surface area (TPSA) is 108 Å². The van der Waals surface area contributed by atoms with Gasteiger partial charge in [0.25, 0.3) is 0 Å². The summed E-state index contributed by atoms with van der Waals surface area (Å²) in [7, 11) is 0. The molecule has 0 bridgehead atoms. The highest BCUT2D eigenvalue weighted by Crippen LogP contribution is 2.24. The van der Waals surface area contributed by atoms with Crippen molar-refractivity contribution >= 4 is 12.0 Å². The van der Waals surface area contributed by atoms with Crippen molar-refractivity contribution in [2.45, 2.75) is 79.1 Å². The monoisotopic (exact) mass is 450 g/mol. The second-order valence-electron chi connectivity index (χ2n) is 9.56. The van der Waals surface area contributed by atoms with Gasteiger partial charge in [-0.25, -0.2) is 4.79 Å². The third kappa shape index (κ3) is 10.5. The minimum absolute atomic E-state index is 0.00494. The summed E-state index contributed by atoms with van der Waals surface area (Å²) in [6.07, 6.45) is 0.896. The van der Waals surface area contributed by atoms with Gasteiger partial charge in [0, 0.05) is 12.0 Å². The largest absolute Gasteiger partial charge is 0.465 e. The second kappa shape index (κ2) is 14.1. The van der Waals surface area contributed by atoms with Gasteiger partial charge in [-0.15, -0.1) is 0 Å². The van der Waals surface area contributed by atoms with Gasteiger partial charge in [0.1, 0.15) is 0 Å². The fraction of sp³-hybridized carbons (Fsp3) is 0.680. The number of hydrogen-bond donors (Lipinski definition) is 4. The fourth-order valence-corrected chi connectivity index (χ4v) is 3.54. The number of nitrogens with one attached hydrogen (secondary N) is 2. The highest BCUT2D eigenvalue weighted by molar-refractivity contribution is 5.81. The van der Waals surface area contributed by atoms with Gasteiger partial charge < -0.3 is 25.6 Å². The average molecular weight is 451 g/mol. The van der Waals surface area contributed by atoms with Crippen molar-refractivity contribution in [1.82, 2.24) is 10.6 Å². The maximum atomic E-state index is 12.5. The lowest BCUT2D eigenvalue weighted by atomic mass is 9.86. The molecule has 0 fully saturated rings. The quantitative estimate of drug-likeness (QED) is 0.320. The van der Waals surface area contributed by atoms with Crippen LogP contribution in [0.15, 0.2) is 30.3 Å².